The molecule has 5 nitrogen and oxygen atoms in total. The molecule has 30 heavy (non-hydrogen) atoms. The van der Waals surface area contributed by atoms with E-state index in [1.54, 1.807) is 0 Å². The Morgan fingerprint density at radius 1 is 1.07 bits per heavy atom. The number of piperidine rings is 1. The molecule has 1 aromatic rings. The number of hydrogen-bond acceptors (Lipinski definition) is 3. The minimum atomic E-state index is 0. The zero-order chi connectivity index (χ0) is 20.5. The van der Waals surface area contributed by atoms with E-state index in [0.717, 1.165) is 38.7 Å². The Bertz CT molecular complexity index is 623. The van der Waals surface area contributed by atoms with Crippen molar-refractivity contribution in [3.63, 3.8) is 0 Å². The van der Waals surface area contributed by atoms with Crippen LogP contribution in [0, 0.1) is 5.92 Å². The number of benzene rings is 1. The summed E-state index contributed by atoms with van der Waals surface area (Å²) in [7, 11) is 2.23. The lowest BCUT2D eigenvalue weighted by Gasteiger charge is -2.40. The molecular formula is C24H42IN5. The van der Waals surface area contributed by atoms with E-state index >= 15 is 0 Å². The second-order valence-corrected chi connectivity index (χ2v) is 8.65. The number of nitrogens with zero attached hydrogens (tertiary/aromatic N) is 4. The highest BCUT2D eigenvalue weighted by molar-refractivity contribution is 14.0. The molecule has 0 spiro atoms. The van der Waals surface area contributed by atoms with E-state index in [4.69, 9.17) is 4.99 Å². The average Bonchev–Trinajstić information content (AvgIpc) is 2.97. The number of guanidine groups is 1. The first-order chi connectivity index (χ1) is 14.2. The third-order valence-electron chi connectivity index (χ3n) is 6.61. The van der Waals surface area contributed by atoms with Crippen molar-refractivity contribution >= 4 is 29.9 Å². The van der Waals surface area contributed by atoms with Gasteiger partial charge in [0.05, 0.1) is 6.54 Å². The molecule has 0 radical (unpaired) electrons. The van der Waals surface area contributed by atoms with Crippen molar-refractivity contribution in [1.29, 1.82) is 0 Å². The maximum atomic E-state index is 5.02. The van der Waals surface area contributed by atoms with Gasteiger partial charge in [-0.05, 0) is 57.3 Å². The molecule has 0 bridgehead atoms. The highest BCUT2D eigenvalue weighted by atomic mass is 127. The summed E-state index contributed by atoms with van der Waals surface area (Å²) < 4.78 is 0. The van der Waals surface area contributed by atoms with Crippen molar-refractivity contribution in [2.75, 3.05) is 66.0 Å². The van der Waals surface area contributed by atoms with Crippen LogP contribution in [0.25, 0.3) is 0 Å². The topological polar surface area (TPSA) is 34.1 Å². The normalized spacial score (nSPS) is 24.2. The second-order valence-electron chi connectivity index (χ2n) is 8.65. The van der Waals surface area contributed by atoms with E-state index in [-0.39, 0.29) is 24.0 Å². The Morgan fingerprint density at radius 3 is 2.60 bits per heavy atom. The molecule has 2 unspecified atom stereocenters. The van der Waals surface area contributed by atoms with Gasteiger partial charge >= 0.3 is 0 Å². The first kappa shape index (κ1) is 25.4. The summed E-state index contributed by atoms with van der Waals surface area (Å²) in [5.74, 6) is 2.48. The maximum absolute atomic E-state index is 5.02. The summed E-state index contributed by atoms with van der Waals surface area (Å²) in [5, 5.41) is 3.56. The van der Waals surface area contributed by atoms with E-state index in [1.807, 2.05) is 0 Å². The Labute approximate surface area is 201 Å². The van der Waals surface area contributed by atoms with Crippen LogP contribution < -0.4 is 5.32 Å². The van der Waals surface area contributed by atoms with Crippen LogP contribution in [0.2, 0.25) is 0 Å². The maximum Gasteiger partial charge on any atom is 0.193 e. The van der Waals surface area contributed by atoms with Gasteiger partial charge in [0.25, 0.3) is 0 Å². The van der Waals surface area contributed by atoms with Crippen molar-refractivity contribution in [3.05, 3.63) is 35.9 Å². The molecule has 0 amide bonds. The molecule has 0 saturated carbocycles. The minimum Gasteiger partial charge on any atom is -0.357 e. The fourth-order valence-corrected chi connectivity index (χ4v) is 4.82. The number of aliphatic imine (C=N–C) groups is 1. The van der Waals surface area contributed by atoms with E-state index in [2.05, 4.69) is 71.2 Å². The fraction of sp³-hybridized carbons (Fsp3) is 0.708. The van der Waals surface area contributed by atoms with Crippen LogP contribution in [0.15, 0.2) is 35.3 Å². The lowest BCUT2D eigenvalue weighted by molar-refractivity contribution is 0.215. The van der Waals surface area contributed by atoms with Crippen molar-refractivity contribution < 1.29 is 0 Å². The van der Waals surface area contributed by atoms with Crippen LogP contribution in [0.5, 0.6) is 0 Å². The molecule has 3 rings (SSSR count). The van der Waals surface area contributed by atoms with Gasteiger partial charge in [0, 0.05) is 39.3 Å². The van der Waals surface area contributed by atoms with Gasteiger partial charge in [-0.25, -0.2) is 0 Å². The van der Waals surface area contributed by atoms with Gasteiger partial charge in [-0.3, -0.25) is 4.99 Å². The van der Waals surface area contributed by atoms with Crippen LogP contribution in [0.4, 0.5) is 0 Å². The number of likely N-dealkylation sites (tertiary alicyclic amines) is 1. The fourth-order valence-electron chi connectivity index (χ4n) is 4.82. The average molecular weight is 528 g/mol. The zero-order valence-electron chi connectivity index (χ0n) is 19.2. The highest BCUT2D eigenvalue weighted by Crippen LogP contribution is 2.34. The third-order valence-corrected chi connectivity index (χ3v) is 6.61. The molecule has 2 heterocycles. The molecule has 0 aliphatic carbocycles. The van der Waals surface area contributed by atoms with Crippen molar-refractivity contribution in [1.82, 2.24) is 20.0 Å². The largest absolute Gasteiger partial charge is 0.357 e. The van der Waals surface area contributed by atoms with Gasteiger partial charge in [0.2, 0.25) is 0 Å². The summed E-state index contributed by atoms with van der Waals surface area (Å²) in [4.78, 5) is 12.5. The van der Waals surface area contributed by atoms with Gasteiger partial charge in [-0.1, -0.05) is 43.7 Å². The van der Waals surface area contributed by atoms with E-state index in [1.165, 1.54) is 51.0 Å². The molecule has 2 saturated heterocycles. The van der Waals surface area contributed by atoms with Gasteiger partial charge < -0.3 is 20.0 Å². The Hall–Kier alpha value is -0.860. The van der Waals surface area contributed by atoms with Crippen molar-refractivity contribution in [3.8, 4) is 0 Å². The molecule has 1 aromatic carbocycles. The predicted molar refractivity (Wildman–Crippen MR) is 139 cm³/mol. The molecule has 2 fully saturated rings. The smallest absolute Gasteiger partial charge is 0.193 e. The van der Waals surface area contributed by atoms with Gasteiger partial charge in [0.15, 0.2) is 5.96 Å². The van der Waals surface area contributed by atoms with Crippen LogP contribution in [-0.2, 0) is 0 Å². The third kappa shape index (κ3) is 7.38. The lowest BCUT2D eigenvalue weighted by atomic mass is 9.79. The van der Waals surface area contributed by atoms with Crippen molar-refractivity contribution in [2.45, 2.75) is 39.0 Å². The van der Waals surface area contributed by atoms with Crippen molar-refractivity contribution in [2.24, 2.45) is 10.9 Å². The van der Waals surface area contributed by atoms with Crippen LogP contribution in [-0.4, -0.2) is 86.6 Å². The second kappa shape index (κ2) is 13.5. The van der Waals surface area contributed by atoms with Gasteiger partial charge in [0.1, 0.15) is 0 Å². The number of likely N-dealkylation sites (N-methyl/N-ethyl adjacent to an activating group) is 1. The summed E-state index contributed by atoms with van der Waals surface area (Å²) in [6.07, 6.45) is 3.70. The molecular weight excluding hydrogens is 485 g/mol. The first-order valence-corrected chi connectivity index (χ1v) is 11.7. The predicted octanol–water partition coefficient (Wildman–Crippen LogP) is 3.72. The standard InChI is InChI=1S/C24H41N5.HI/c1-4-21-20-29(16-12-23(21)22-10-7-6-8-11-22)24(25-5-2)26-13-17-28-15-9-14-27(3)18-19-28;/h6-8,10-11,21,23H,4-5,9,12-20H2,1-3H3,(H,25,26);1H. The Balaban J connectivity index is 0.00000320. The minimum absolute atomic E-state index is 0. The summed E-state index contributed by atoms with van der Waals surface area (Å²) >= 11 is 0. The molecule has 2 aliphatic heterocycles. The van der Waals surface area contributed by atoms with E-state index in [9.17, 15) is 0 Å². The van der Waals surface area contributed by atoms with E-state index < -0.39 is 0 Å². The molecule has 2 aliphatic rings. The number of hydrogen-bond donors (Lipinski definition) is 1. The number of nitrogens with one attached hydrogen (secondary N) is 1. The van der Waals surface area contributed by atoms with Crippen LogP contribution >= 0.6 is 24.0 Å². The molecule has 6 heteroatoms. The monoisotopic (exact) mass is 527 g/mol. The summed E-state index contributed by atoms with van der Waals surface area (Å²) in [5.41, 5.74) is 1.51. The molecule has 1 N–H and O–H groups in total. The summed E-state index contributed by atoms with van der Waals surface area (Å²) in [6.45, 7) is 14.4. The van der Waals surface area contributed by atoms with Gasteiger partial charge in [-0.15, -0.1) is 24.0 Å². The molecule has 0 aromatic heterocycles. The van der Waals surface area contributed by atoms with E-state index in [0.29, 0.717) is 11.8 Å². The zero-order valence-corrected chi connectivity index (χ0v) is 21.6. The summed E-state index contributed by atoms with van der Waals surface area (Å²) in [6, 6.07) is 11.1. The van der Waals surface area contributed by atoms with Crippen LogP contribution in [0.1, 0.15) is 44.6 Å². The first-order valence-electron chi connectivity index (χ1n) is 11.7. The number of halogens is 1. The quantitative estimate of drug-likeness (QED) is 0.348. The lowest BCUT2D eigenvalue weighted by Crippen LogP contribution is -2.48. The highest BCUT2D eigenvalue weighted by Gasteiger charge is 2.30. The Morgan fingerprint density at radius 2 is 1.87 bits per heavy atom. The van der Waals surface area contributed by atoms with Gasteiger partial charge in [-0.2, -0.15) is 0 Å². The number of rotatable bonds is 6. The Kier molecular flexibility index (Phi) is 11.5. The SMILES string of the molecule is CCNC(=NCCN1CCCN(C)CC1)N1CCC(c2ccccc2)C(CC)C1.I. The molecule has 170 valence electrons. The molecule has 2 atom stereocenters. The van der Waals surface area contributed by atoms with Crippen LogP contribution in [0.3, 0.4) is 0 Å².